The number of anilines is 1. The minimum absolute atomic E-state index is 0.0447. The molecule has 1 N–H and O–H groups in total. The molecule has 0 bridgehead atoms. The fourth-order valence-electron chi connectivity index (χ4n) is 3.29. The molecule has 0 aromatic heterocycles. The van der Waals surface area contributed by atoms with Crippen LogP contribution >= 0.6 is 0 Å². The molecule has 1 rings (SSSR count). The summed E-state index contributed by atoms with van der Waals surface area (Å²) in [6.07, 6.45) is 5.17. The zero-order valence-electron chi connectivity index (χ0n) is 22.4. The quantitative estimate of drug-likeness (QED) is 0.132. The van der Waals surface area contributed by atoms with Gasteiger partial charge in [-0.25, -0.2) is 0 Å². The van der Waals surface area contributed by atoms with E-state index < -0.39 is 36.6 Å². The van der Waals surface area contributed by atoms with Gasteiger partial charge in [0.1, 0.15) is 6.10 Å². The summed E-state index contributed by atoms with van der Waals surface area (Å²) >= 11 is 0. The molecular weight excluding hydrogens is 466 g/mol. The van der Waals surface area contributed by atoms with Gasteiger partial charge in [-0.3, -0.25) is 8.98 Å². The van der Waals surface area contributed by atoms with Crippen molar-refractivity contribution in [2.75, 3.05) is 11.6 Å². The number of aryl methyl sites for hydroxylation is 1. The van der Waals surface area contributed by atoms with Gasteiger partial charge in [-0.15, -0.1) is 0 Å². The van der Waals surface area contributed by atoms with Crippen LogP contribution in [0.1, 0.15) is 71.8 Å². The second-order valence-electron chi connectivity index (χ2n) is 10.7. The van der Waals surface area contributed by atoms with Crippen molar-refractivity contribution in [2.24, 2.45) is 0 Å². The van der Waals surface area contributed by atoms with E-state index in [9.17, 15) is 13.2 Å². The summed E-state index contributed by atoms with van der Waals surface area (Å²) in [5.74, 6) is -0.479. The van der Waals surface area contributed by atoms with Crippen LogP contribution in [0.2, 0.25) is 18.1 Å². The van der Waals surface area contributed by atoms with Crippen LogP contribution in [0.5, 0.6) is 0 Å². The lowest BCUT2D eigenvalue weighted by molar-refractivity contribution is -0.114. The van der Waals surface area contributed by atoms with E-state index in [-0.39, 0.29) is 10.6 Å². The number of hydrogen-bond acceptors (Lipinski definition) is 5. The summed E-state index contributed by atoms with van der Waals surface area (Å²) in [4.78, 5) is 13.1. The average molecular weight is 512 g/mol. The predicted octanol–water partition coefficient (Wildman–Crippen LogP) is 6.59. The topological polar surface area (TPSA) is 81.7 Å². The summed E-state index contributed by atoms with van der Waals surface area (Å²) in [5, 5.41) is 2.72. The van der Waals surface area contributed by atoms with E-state index in [0.717, 1.165) is 43.9 Å². The standard InChI is InChI=1S/C26H45NO5SSi/c1-10-11-12-13-14-15-23(32-34(8,9)26(4,5)6)24(31-33(7,29)30)21(3)25(28)27-22-18-16-20(2)17-19-22/h16-19,23-24H,3,10-15H2,1-2,4-9H3,(H,27,28)/t23-,24+/m1/s1. The Balaban J connectivity index is 3.22. The average Bonchev–Trinajstić information content (AvgIpc) is 2.70. The van der Waals surface area contributed by atoms with E-state index in [1.807, 2.05) is 19.1 Å². The SMILES string of the molecule is C=C(C(=O)Nc1ccc(C)cc1)[C@H](OS(C)(=O)=O)[C@@H](CCCCCCC)O[Si](C)(C)C(C)(C)C. The first kappa shape index (κ1) is 30.5. The van der Waals surface area contributed by atoms with Gasteiger partial charge in [0.05, 0.1) is 12.4 Å². The van der Waals surface area contributed by atoms with Crippen molar-refractivity contribution in [3.63, 3.8) is 0 Å². The van der Waals surface area contributed by atoms with Gasteiger partial charge in [0.15, 0.2) is 8.32 Å². The summed E-state index contributed by atoms with van der Waals surface area (Å²) in [6.45, 7) is 18.7. The lowest BCUT2D eigenvalue weighted by Crippen LogP contribution is -2.49. The van der Waals surface area contributed by atoms with Gasteiger partial charge in [0.2, 0.25) is 0 Å². The van der Waals surface area contributed by atoms with Gasteiger partial charge in [-0.2, -0.15) is 8.42 Å². The molecular formula is C26H45NO5SSi. The maximum atomic E-state index is 13.1. The van der Waals surface area contributed by atoms with E-state index in [1.54, 1.807) is 12.1 Å². The zero-order chi connectivity index (χ0) is 26.2. The van der Waals surface area contributed by atoms with Crippen LogP contribution in [0.25, 0.3) is 0 Å². The van der Waals surface area contributed by atoms with E-state index in [0.29, 0.717) is 12.1 Å². The fourth-order valence-corrected chi connectivity index (χ4v) is 5.26. The minimum Gasteiger partial charge on any atom is -0.411 e. The number of carbonyl (C=O) groups is 1. The Kier molecular flexibility index (Phi) is 11.7. The Bertz CT molecular complexity index is 904. The van der Waals surface area contributed by atoms with Crippen LogP contribution in [-0.4, -0.2) is 41.1 Å². The number of hydrogen-bond donors (Lipinski definition) is 1. The second kappa shape index (κ2) is 13.0. The van der Waals surface area contributed by atoms with E-state index in [2.05, 4.69) is 52.7 Å². The highest BCUT2D eigenvalue weighted by Crippen LogP contribution is 2.39. The Morgan fingerprint density at radius 2 is 1.65 bits per heavy atom. The zero-order valence-corrected chi connectivity index (χ0v) is 24.2. The van der Waals surface area contributed by atoms with Gasteiger partial charge in [-0.1, -0.05) is 84.1 Å². The van der Waals surface area contributed by atoms with Crippen molar-refractivity contribution < 1.29 is 21.8 Å². The van der Waals surface area contributed by atoms with Crippen molar-refractivity contribution in [1.82, 2.24) is 0 Å². The number of unbranched alkanes of at least 4 members (excludes halogenated alkanes) is 4. The summed E-state index contributed by atoms with van der Waals surface area (Å²) in [6, 6.07) is 7.37. The Morgan fingerprint density at radius 3 is 2.15 bits per heavy atom. The fraction of sp³-hybridized carbons (Fsp3) is 0.654. The largest absolute Gasteiger partial charge is 0.411 e. The third-order valence-electron chi connectivity index (χ3n) is 6.41. The molecule has 0 aliphatic carbocycles. The molecule has 6 nitrogen and oxygen atoms in total. The van der Waals surface area contributed by atoms with E-state index in [4.69, 9.17) is 8.61 Å². The van der Waals surface area contributed by atoms with Gasteiger partial charge < -0.3 is 9.74 Å². The van der Waals surface area contributed by atoms with Gasteiger partial charge in [0.25, 0.3) is 16.0 Å². The molecule has 34 heavy (non-hydrogen) atoms. The Morgan fingerprint density at radius 1 is 1.09 bits per heavy atom. The van der Waals surface area contributed by atoms with E-state index in [1.165, 1.54) is 0 Å². The number of nitrogens with one attached hydrogen (secondary N) is 1. The van der Waals surface area contributed by atoms with E-state index >= 15 is 0 Å². The first-order chi connectivity index (χ1) is 15.6. The molecule has 0 saturated heterocycles. The van der Waals surface area contributed by atoms with Crippen molar-refractivity contribution in [3.05, 3.63) is 42.0 Å². The molecule has 0 fully saturated rings. The highest BCUT2D eigenvalue weighted by molar-refractivity contribution is 7.86. The minimum atomic E-state index is -3.86. The molecule has 194 valence electrons. The van der Waals surface area contributed by atoms with Gasteiger partial charge >= 0.3 is 0 Å². The molecule has 0 saturated carbocycles. The van der Waals surface area contributed by atoms with Crippen LogP contribution in [0.3, 0.4) is 0 Å². The molecule has 0 unspecified atom stereocenters. The summed E-state index contributed by atoms with van der Waals surface area (Å²) in [5.41, 5.74) is 1.72. The van der Waals surface area contributed by atoms with Crippen molar-refractivity contribution in [3.8, 4) is 0 Å². The normalized spacial score (nSPS) is 14.5. The van der Waals surface area contributed by atoms with Crippen LogP contribution < -0.4 is 5.32 Å². The highest BCUT2D eigenvalue weighted by atomic mass is 32.2. The monoisotopic (exact) mass is 511 g/mol. The first-order valence-electron chi connectivity index (χ1n) is 12.2. The van der Waals surface area contributed by atoms with Crippen LogP contribution in [-0.2, 0) is 23.5 Å². The summed E-state index contributed by atoms with van der Waals surface area (Å²) in [7, 11) is -6.15. The van der Waals surface area contributed by atoms with Crippen LogP contribution in [0, 0.1) is 6.92 Å². The molecule has 0 spiro atoms. The number of amides is 1. The molecule has 0 aliphatic heterocycles. The number of carbonyl (C=O) groups excluding carboxylic acids is 1. The summed E-state index contributed by atoms with van der Waals surface area (Å²) < 4.78 is 36.6. The van der Waals surface area contributed by atoms with Gasteiger partial charge in [-0.05, 0) is 43.6 Å². The highest BCUT2D eigenvalue weighted by Gasteiger charge is 2.42. The van der Waals surface area contributed by atoms with Crippen molar-refractivity contribution in [1.29, 1.82) is 0 Å². The molecule has 0 radical (unpaired) electrons. The number of benzene rings is 1. The second-order valence-corrected chi connectivity index (χ2v) is 17.0. The molecule has 2 atom stereocenters. The maximum Gasteiger partial charge on any atom is 0.265 e. The predicted molar refractivity (Wildman–Crippen MR) is 144 cm³/mol. The first-order valence-corrected chi connectivity index (χ1v) is 16.9. The molecule has 1 aromatic rings. The lowest BCUT2D eigenvalue weighted by atomic mass is 9.99. The lowest BCUT2D eigenvalue weighted by Gasteiger charge is -2.41. The van der Waals surface area contributed by atoms with Crippen molar-refractivity contribution >= 4 is 30.0 Å². The molecule has 0 aliphatic rings. The smallest absolute Gasteiger partial charge is 0.265 e. The maximum absolute atomic E-state index is 13.1. The van der Waals surface area contributed by atoms with Gasteiger partial charge in [0, 0.05) is 11.3 Å². The van der Waals surface area contributed by atoms with Crippen molar-refractivity contribution in [2.45, 2.75) is 103 Å². The Hall–Kier alpha value is -1.48. The molecule has 1 amide bonds. The van der Waals surface area contributed by atoms with Crippen LogP contribution in [0.4, 0.5) is 5.69 Å². The molecule has 8 heteroatoms. The number of rotatable bonds is 14. The Labute approximate surface area is 208 Å². The van der Waals surface area contributed by atoms with Crippen LogP contribution in [0.15, 0.2) is 36.4 Å². The third kappa shape index (κ3) is 10.4. The molecule has 0 heterocycles. The third-order valence-corrected chi connectivity index (χ3v) is 11.5. The molecule has 1 aromatic carbocycles.